The molecule has 3 aromatic rings. The lowest BCUT2D eigenvalue weighted by Crippen LogP contribution is -1.97. The molecule has 2 heterocycles. The first kappa shape index (κ1) is 12.2. The standard InChI is InChI=1S/C15H15N3S/c1-10-15(11-4-2-3-5-12(11)17-10)13-6-8-16-14(18-13)7-9-19/h2-6,8,17,19H,7,9H2,1H3. The van der Waals surface area contributed by atoms with Crippen molar-refractivity contribution in [2.75, 3.05) is 5.75 Å². The number of nitrogens with one attached hydrogen (secondary N) is 1. The van der Waals surface area contributed by atoms with Crippen LogP contribution in [0.2, 0.25) is 0 Å². The van der Waals surface area contributed by atoms with Gasteiger partial charge in [-0.3, -0.25) is 0 Å². The number of aromatic nitrogens is 3. The van der Waals surface area contributed by atoms with Crippen LogP contribution in [0.5, 0.6) is 0 Å². The van der Waals surface area contributed by atoms with Crippen molar-refractivity contribution in [3.05, 3.63) is 48.0 Å². The van der Waals surface area contributed by atoms with Crippen LogP contribution in [-0.4, -0.2) is 20.7 Å². The van der Waals surface area contributed by atoms with E-state index in [0.717, 1.165) is 34.9 Å². The normalized spacial score (nSPS) is 11.1. The number of aryl methyl sites for hydroxylation is 2. The minimum atomic E-state index is 0.760. The molecule has 1 N–H and O–H groups in total. The molecule has 19 heavy (non-hydrogen) atoms. The Balaban J connectivity index is 2.18. The van der Waals surface area contributed by atoms with Crippen LogP contribution in [0.25, 0.3) is 22.2 Å². The van der Waals surface area contributed by atoms with E-state index < -0.39 is 0 Å². The molecule has 3 rings (SSSR count). The lowest BCUT2D eigenvalue weighted by atomic mass is 10.1. The summed E-state index contributed by atoms with van der Waals surface area (Å²) in [5, 5.41) is 1.20. The summed E-state index contributed by atoms with van der Waals surface area (Å²) >= 11 is 4.23. The molecule has 0 aliphatic carbocycles. The first-order valence-corrected chi connectivity index (χ1v) is 6.93. The quantitative estimate of drug-likeness (QED) is 0.715. The van der Waals surface area contributed by atoms with Crippen molar-refractivity contribution < 1.29 is 0 Å². The van der Waals surface area contributed by atoms with Gasteiger partial charge in [-0.25, -0.2) is 9.97 Å². The number of aromatic amines is 1. The van der Waals surface area contributed by atoms with Gasteiger partial charge in [-0.15, -0.1) is 0 Å². The summed E-state index contributed by atoms with van der Waals surface area (Å²) in [6.45, 7) is 2.08. The molecule has 0 bridgehead atoms. The monoisotopic (exact) mass is 269 g/mol. The SMILES string of the molecule is Cc1[nH]c2ccccc2c1-c1ccnc(CCS)n1. The van der Waals surface area contributed by atoms with E-state index in [1.165, 1.54) is 10.9 Å². The van der Waals surface area contributed by atoms with Gasteiger partial charge in [0, 0.05) is 34.8 Å². The van der Waals surface area contributed by atoms with Crippen LogP contribution in [0.3, 0.4) is 0 Å². The molecule has 0 fully saturated rings. The van der Waals surface area contributed by atoms with Gasteiger partial charge >= 0.3 is 0 Å². The maximum atomic E-state index is 4.64. The first-order chi connectivity index (χ1) is 9.29. The zero-order chi connectivity index (χ0) is 13.2. The van der Waals surface area contributed by atoms with Crippen molar-refractivity contribution in [1.82, 2.24) is 15.0 Å². The number of fused-ring (bicyclic) bond motifs is 1. The fraction of sp³-hybridized carbons (Fsp3) is 0.200. The molecule has 3 nitrogen and oxygen atoms in total. The van der Waals surface area contributed by atoms with Crippen molar-refractivity contribution in [2.24, 2.45) is 0 Å². The van der Waals surface area contributed by atoms with Crippen molar-refractivity contribution in [3.63, 3.8) is 0 Å². The highest BCUT2D eigenvalue weighted by molar-refractivity contribution is 7.80. The Morgan fingerprint density at radius 2 is 2.05 bits per heavy atom. The van der Waals surface area contributed by atoms with Gasteiger partial charge in [0.1, 0.15) is 5.82 Å². The molecular weight excluding hydrogens is 254 g/mol. The van der Waals surface area contributed by atoms with E-state index in [9.17, 15) is 0 Å². The predicted octanol–water partition coefficient (Wildman–Crippen LogP) is 3.41. The van der Waals surface area contributed by atoms with E-state index in [2.05, 4.69) is 52.7 Å². The number of hydrogen-bond acceptors (Lipinski definition) is 3. The van der Waals surface area contributed by atoms with E-state index >= 15 is 0 Å². The summed E-state index contributed by atoms with van der Waals surface area (Å²) < 4.78 is 0. The van der Waals surface area contributed by atoms with Gasteiger partial charge < -0.3 is 4.98 Å². The van der Waals surface area contributed by atoms with Crippen molar-refractivity contribution in [2.45, 2.75) is 13.3 Å². The highest BCUT2D eigenvalue weighted by Gasteiger charge is 2.11. The Morgan fingerprint density at radius 1 is 1.21 bits per heavy atom. The fourth-order valence-corrected chi connectivity index (χ4v) is 2.57. The molecule has 0 aliphatic rings. The summed E-state index contributed by atoms with van der Waals surface area (Å²) in [5.74, 6) is 1.60. The van der Waals surface area contributed by atoms with Gasteiger partial charge in [0.2, 0.25) is 0 Å². The van der Waals surface area contributed by atoms with Gasteiger partial charge in [0.05, 0.1) is 5.69 Å². The highest BCUT2D eigenvalue weighted by Crippen LogP contribution is 2.30. The molecule has 0 radical (unpaired) electrons. The van der Waals surface area contributed by atoms with Gasteiger partial charge in [-0.1, -0.05) is 18.2 Å². The maximum Gasteiger partial charge on any atom is 0.129 e. The third kappa shape index (κ3) is 2.24. The van der Waals surface area contributed by atoms with Crippen LogP contribution in [0.15, 0.2) is 36.5 Å². The van der Waals surface area contributed by atoms with Gasteiger partial charge in [0.25, 0.3) is 0 Å². The van der Waals surface area contributed by atoms with Crippen molar-refractivity contribution in [3.8, 4) is 11.3 Å². The number of thiol groups is 1. The number of rotatable bonds is 3. The van der Waals surface area contributed by atoms with Crippen LogP contribution < -0.4 is 0 Å². The molecule has 0 aliphatic heterocycles. The lowest BCUT2D eigenvalue weighted by Gasteiger charge is -2.03. The summed E-state index contributed by atoms with van der Waals surface area (Å²) in [4.78, 5) is 12.3. The second-order valence-electron chi connectivity index (χ2n) is 4.50. The minimum Gasteiger partial charge on any atom is -0.358 e. The Morgan fingerprint density at radius 3 is 2.89 bits per heavy atom. The second kappa shape index (κ2) is 5.05. The molecule has 2 aromatic heterocycles. The zero-order valence-electron chi connectivity index (χ0n) is 10.7. The Bertz CT molecular complexity index is 718. The maximum absolute atomic E-state index is 4.64. The van der Waals surface area contributed by atoms with Crippen LogP contribution in [0.4, 0.5) is 0 Å². The van der Waals surface area contributed by atoms with Crippen LogP contribution in [0, 0.1) is 6.92 Å². The Labute approximate surface area is 117 Å². The third-order valence-corrected chi connectivity index (χ3v) is 3.41. The largest absolute Gasteiger partial charge is 0.358 e. The number of benzene rings is 1. The van der Waals surface area contributed by atoms with Gasteiger partial charge in [-0.05, 0) is 24.8 Å². The average molecular weight is 269 g/mol. The molecule has 0 amide bonds. The smallest absolute Gasteiger partial charge is 0.129 e. The van der Waals surface area contributed by atoms with E-state index in [0.29, 0.717) is 0 Å². The summed E-state index contributed by atoms with van der Waals surface area (Å²) in [7, 11) is 0. The van der Waals surface area contributed by atoms with Crippen molar-refractivity contribution >= 4 is 23.5 Å². The van der Waals surface area contributed by atoms with E-state index in [-0.39, 0.29) is 0 Å². The Hall–Kier alpha value is -1.81. The Kier molecular flexibility index (Phi) is 3.25. The van der Waals surface area contributed by atoms with Crippen LogP contribution >= 0.6 is 12.6 Å². The van der Waals surface area contributed by atoms with Crippen LogP contribution in [0.1, 0.15) is 11.5 Å². The number of nitrogens with zero attached hydrogens (tertiary/aromatic N) is 2. The average Bonchev–Trinajstić information content (AvgIpc) is 2.75. The minimum absolute atomic E-state index is 0.760. The van der Waals surface area contributed by atoms with E-state index in [1.54, 1.807) is 0 Å². The first-order valence-electron chi connectivity index (χ1n) is 6.30. The molecule has 0 saturated heterocycles. The molecule has 4 heteroatoms. The van der Waals surface area contributed by atoms with Crippen LogP contribution in [-0.2, 0) is 6.42 Å². The second-order valence-corrected chi connectivity index (χ2v) is 4.95. The highest BCUT2D eigenvalue weighted by atomic mass is 32.1. The lowest BCUT2D eigenvalue weighted by molar-refractivity contribution is 0.953. The molecule has 0 saturated carbocycles. The predicted molar refractivity (Wildman–Crippen MR) is 81.6 cm³/mol. The van der Waals surface area contributed by atoms with Crippen molar-refractivity contribution in [1.29, 1.82) is 0 Å². The topological polar surface area (TPSA) is 41.6 Å². The molecule has 96 valence electrons. The number of hydrogen-bond donors (Lipinski definition) is 2. The summed E-state index contributed by atoms with van der Waals surface area (Å²) in [6.07, 6.45) is 2.61. The molecule has 0 unspecified atom stereocenters. The zero-order valence-corrected chi connectivity index (χ0v) is 11.6. The van der Waals surface area contributed by atoms with E-state index in [1.807, 2.05) is 18.3 Å². The molecule has 0 atom stereocenters. The molecule has 0 spiro atoms. The summed E-state index contributed by atoms with van der Waals surface area (Å²) in [6, 6.07) is 10.3. The fourth-order valence-electron chi connectivity index (χ4n) is 2.37. The number of H-pyrrole nitrogens is 1. The molecular formula is C15H15N3S. The van der Waals surface area contributed by atoms with Gasteiger partial charge in [0.15, 0.2) is 0 Å². The summed E-state index contributed by atoms with van der Waals surface area (Å²) in [5.41, 5.74) is 4.42. The third-order valence-electron chi connectivity index (χ3n) is 3.19. The number of para-hydroxylation sites is 1. The van der Waals surface area contributed by atoms with Gasteiger partial charge in [-0.2, -0.15) is 12.6 Å². The molecule has 1 aromatic carbocycles. The van der Waals surface area contributed by atoms with E-state index in [4.69, 9.17) is 0 Å².